The Bertz CT molecular complexity index is 462. The highest BCUT2D eigenvalue weighted by Crippen LogP contribution is 2.11. The average molecular weight is 293 g/mol. The van der Waals surface area contributed by atoms with Crippen molar-refractivity contribution in [1.82, 2.24) is 15.2 Å². The first-order chi connectivity index (χ1) is 9.90. The van der Waals surface area contributed by atoms with Crippen LogP contribution >= 0.6 is 0 Å². The van der Waals surface area contributed by atoms with Crippen LogP contribution in [0.1, 0.15) is 25.8 Å². The molecule has 0 radical (unpaired) electrons. The molecular formula is C15H23N3O3. The number of carboxylic acid groups (broad SMARTS) is 1. The first kappa shape index (κ1) is 16.9. The van der Waals surface area contributed by atoms with Crippen molar-refractivity contribution in [2.45, 2.75) is 26.8 Å². The molecule has 0 saturated carbocycles. The molecule has 1 unspecified atom stereocenters. The number of nitrogens with one attached hydrogen (secondary N) is 1. The van der Waals surface area contributed by atoms with Gasteiger partial charge in [-0.05, 0) is 24.0 Å². The molecule has 6 heteroatoms. The van der Waals surface area contributed by atoms with Crippen molar-refractivity contribution in [3.8, 4) is 0 Å². The Kier molecular flexibility index (Phi) is 6.65. The lowest BCUT2D eigenvalue weighted by molar-refractivity contribution is -0.142. The number of rotatable bonds is 7. The maximum atomic E-state index is 12.0. The van der Waals surface area contributed by atoms with Crippen molar-refractivity contribution in [2.24, 2.45) is 11.8 Å². The third-order valence-electron chi connectivity index (χ3n) is 3.09. The summed E-state index contributed by atoms with van der Waals surface area (Å²) in [5.41, 5.74) is 0.923. The molecule has 0 fully saturated rings. The molecule has 0 aliphatic heterocycles. The SMILES string of the molecule is CC(C)CC(CNC(=O)N(C)Cc1cccnc1)C(=O)O. The summed E-state index contributed by atoms with van der Waals surface area (Å²) in [4.78, 5) is 28.6. The Labute approximate surface area is 125 Å². The molecule has 1 atom stereocenters. The van der Waals surface area contributed by atoms with Crippen molar-refractivity contribution in [2.75, 3.05) is 13.6 Å². The van der Waals surface area contributed by atoms with Crippen LogP contribution in [0.15, 0.2) is 24.5 Å². The number of amides is 2. The summed E-state index contributed by atoms with van der Waals surface area (Å²) in [5, 5.41) is 11.8. The Morgan fingerprint density at radius 1 is 1.43 bits per heavy atom. The van der Waals surface area contributed by atoms with E-state index < -0.39 is 11.9 Å². The number of aromatic nitrogens is 1. The molecule has 0 aliphatic rings. The zero-order valence-electron chi connectivity index (χ0n) is 12.7. The van der Waals surface area contributed by atoms with E-state index in [-0.39, 0.29) is 18.5 Å². The number of carbonyl (C=O) groups excluding carboxylic acids is 1. The minimum Gasteiger partial charge on any atom is -0.481 e. The fraction of sp³-hybridized carbons (Fsp3) is 0.533. The van der Waals surface area contributed by atoms with E-state index in [4.69, 9.17) is 5.11 Å². The lowest BCUT2D eigenvalue weighted by Gasteiger charge is -2.20. The second kappa shape index (κ2) is 8.24. The van der Waals surface area contributed by atoms with E-state index in [9.17, 15) is 9.59 Å². The highest BCUT2D eigenvalue weighted by atomic mass is 16.4. The Morgan fingerprint density at radius 3 is 2.67 bits per heavy atom. The molecule has 6 nitrogen and oxygen atoms in total. The van der Waals surface area contributed by atoms with Crippen LogP contribution in [-0.2, 0) is 11.3 Å². The van der Waals surface area contributed by atoms with E-state index in [0.29, 0.717) is 13.0 Å². The Hall–Kier alpha value is -2.11. The Morgan fingerprint density at radius 2 is 2.14 bits per heavy atom. The van der Waals surface area contributed by atoms with Gasteiger partial charge in [-0.15, -0.1) is 0 Å². The van der Waals surface area contributed by atoms with E-state index in [1.165, 1.54) is 4.90 Å². The van der Waals surface area contributed by atoms with Crippen LogP contribution in [-0.4, -0.2) is 40.6 Å². The summed E-state index contributed by atoms with van der Waals surface area (Å²) >= 11 is 0. The van der Waals surface area contributed by atoms with Crippen LogP contribution in [0, 0.1) is 11.8 Å². The second-order valence-corrected chi connectivity index (χ2v) is 5.57. The van der Waals surface area contributed by atoms with E-state index in [1.54, 1.807) is 19.4 Å². The summed E-state index contributed by atoms with van der Waals surface area (Å²) < 4.78 is 0. The zero-order valence-corrected chi connectivity index (χ0v) is 12.7. The molecule has 2 amide bonds. The van der Waals surface area contributed by atoms with Gasteiger partial charge >= 0.3 is 12.0 Å². The molecule has 0 aliphatic carbocycles. The van der Waals surface area contributed by atoms with E-state index >= 15 is 0 Å². The maximum absolute atomic E-state index is 12.0. The Balaban J connectivity index is 2.46. The van der Waals surface area contributed by atoms with Crippen molar-refractivity contribution >= 4 is 12.0 Å². The summed E-state index contributed by atoms with van der Waals surface area (Å²) in [7, 11) is 1.67. The monoisotopic (exact) mass is 293 g/mol. The third-order valence-corrected chi connectivity index (χ3v) is 3.09. The summed E-state index contributed by atoms with van der Waals surface area (Å²) in [6.07, 6.45) is 3.91. The quantitative estimate of drug-likeness (QED) is 0.805. The normalized spacial score (nSPS) is 12.0. The standard InChI is InChI=1S/C15H23N3O3/c1-11(2)7-13(14(19)20)9-17-15(21)18(3)10-12-5-4-6-16-8-12/h4-6,8,11,13H,7,9-10H2,1-3H3,(H,17,21)(H,19,20). The lowest BCUT2D eigenvalue weighted by Crippen LogP contribution is -2.41. The number of carboxylic acids is 1. The van der Waals surface area contributed by atoms with E-state index in [1.807, 2.05) is 26.0 Å². The number of urea groups is 1. The third kappa shape index (κ3) is 6.25. The van der Waals surface area contributed by atoms with Gasteiger partial charge in [0.05, 0.1) is 5.92 Å². The molecule has 21 heavy (non-hydrogen) atoms. The van der Waals surface area contributed by atoms with Gasteiger partial charge in [0, 0.05) is 32.5 Å². The molecule has 1 heterocycles. The molecule has 0 saturated heterocycles. The summed E-state index contributed by atoms with van der Waals surface area (Å²) in [6, 6.07) is 3.41. The average Bonchev–Trinajstić information content (AvgIpc) is 2.43. The highest BCUT2D eigenvalue weighted by Gasteiger charge is 2.20. The van der Waals surface area contributed by atoms with Crippen molar-refractivity contribution < 1.29 is 14.7 Å². The minimum absolute atomic E-state index is 0.143. The molecule has 1 aromatic heterocycles. The molecular weight excluding hydrogens is 270 g/mol. The fourth-order valence-corrected chi connectivity index (χ4v) is 2.02. The first-order valence-corrected chi connectivity index (χ1v) is 7.00. The number of hydrogen-bond donors (Lipinski definition) is 2. The molecule has 116 valence electrons. The van der Waals surface area contributed by atoms with Crippen molar-refractivity contribution in [1.29, 1.82) is 0 Å². The highest BCUT2D eigenvalue weighted by molar-refractivity contribution is 5.75. The predicted molar refractivity (Wildman–Crippen MR) is 79.7 cm³/mol. The lowest BCUT2D eigenvalue weighted by atomic mass is 9.97. The largest absolute Gasteiger partial charge is 0.481 e. The molecule has 2 N–H and O–H groups in total. The van der Waals surface area contributed by atoms with Gasteiger partial charge in [-0.25, -0.2) is 4.79 Å². The van der Waals surface area contributed by atoms with Crippen LogP contribution in [0.5, 0.6) is 0 Å². The van der Waals surface area contributed by atoms with Gasteiger partial charge in [0.25, 0.3) is 0 Å². The van der Waals surface area contributed by atoms with Gasteiger partial charge in [0.15, 0.2) is 0 Å². The fourth-order valence-electron chi connectivity index (χ4n) is 2.02. The molecule has 1 aromatic rings. The molecule has 0 aromatic carbocycles. The number of nitrogens with zero attached hydrogens (tertiary/aromatic N) is 2. The van der Waals surface area contributed by atoms with Gasteiger partial charge in [-0.3, -0.25) is 9.78 Å². The first-order valence-electron chi connectivity index (χ1n) is 7.00. The predicted octanol–water partition coefficient (Wildman–Crippen LogP) is 1.97. The van der Waals surface area contributed by atoms with Crippen molar-refractivity contribution in [3.63, 3.8) is 0 Å². The van der Waals surface area contributed by atoms with Crippen LogP contribution in [0.4, 0.5) is 4.79 Å². The van der Waals surface area contributed by atoms with Gasteiger partial charge in [-0.2, -0.15) is 0 Å². The van der Waals surface area contributed by atoms with Gasteiger partial charge in [0.1, 0.15) is 0 Å². The number of aliphatic carboxylic acids is 1. The van der Waals surface area contributed by atoms with E-state index in [0.717, 1.165) is 5.56 Å². The van der Waals surface area contributed by atoms with Gasteiger partial charge in [0.2, 0.25) is 0 Å². The van der Waals surface area contributed by atoms with E-state index in [2.05, 4.69) is 10.3 Å². The molecule has 1 rings (SSSR count). The van der Waals surface area contributed by atoms with Crippen LogP contribution in [0.25, 0.3) is 0 Å². The van der Waals surface area contributed by atoms with Crippen LogP contribution < -0.4 is 5.32 Å². The maximum Gasteiger partial charge on any atom is 0.317 e. The topological polar surface area (TPSA) is 82.5 Å². The second-order valence-electron chi connectivity index (χ2n) is 5.57. The summed E-state index contributed by atoms with van der Waals surface area (Å²) in [5.74, 6) is -1.16. The van der Waals surface area contributed by atoms with Crippen molar-refractivity contribution in [3.05, 3.63) is 30.1 Å². The van der Waals surface area contributed by atoms with Crippen LogP contribution in [0.3, 0.4) is 0 Å². The number of carbonyl (C=O) groups is 2. The molecule has 0 bridgehead atoms. The summed E-state index contributed by atoms with van der Waals surface area (Å²) in [6.45, 7) is 4.50. The van der Waals surface area contributed by atoms with Crippen LogP contribution in [0.2, 0.25) is 0 Å². The minimum atomic E-state index is -0.876. The number of pyridine rings is 1. The van der Waals surface area contributed by atoms with Gasteiger partial charge < -0.3 is 15.3 Å². The number of hydrogen-bond acceptors (Lipinski definition) is 3. The van der Waals surface area contributed by atoms with Gasteiger partial charge in [-0.1, -0.05) is 19.9 Å². The smallest absolute Gasteiger partial charge is 0.317 e. The zero-order chi connectivity index (χ0) is 15.8. The molecule has 0 spiro atoms.